The normalized spacial score (nSPS) is 11.8. The second kappa shape index (κ2) is 10.5. The van der Waals surface area contributed by atoms with E-state index in [4.69, 9.17) is 19.6 Å². The average molecular weight is 524 g/mol. The van der Waals surface area contributed by atoms with Gasteiger partial charge in [0.15, 0.2) is 11.5 Å². The summed E-state index contributed by atoms with van der Waals surface area (Å²) in [6.07, 6.45) is 1.71. The number of ether oxygens (including phenoxy) is 2. The highest BCUT2D eigenvalue weighted by molar-refractivity contribution is 9.10. The lowest BCUT2D eigenvalue weighted by molar-refractivity contribution is 0.372. The van der Waals surface area contributed by atoms with Gasteiger partial charge in [0.2, 0.25) is 4.80 Å². The van der Waals surface area contributed by atoms with Crippen molar-refractivity contribution >= 4 is 33.5 Å². The number of phenols is 1. The minimum Gasteiger partial charge on any atom is -0.503 e. The first-order valence-corrected chi connectivity index (χ1v) is 11.8. The predicted octanol–water partition coefficient (Wildman–Crippen LogP) is 5.69. The van der Waals surface area contributed by atoms with Crippen molar-refractivity contribution in [1.29, 1.82) is 0 Å². The first-order chi connectivity index (χ1) is 16.1. The number of nitrogens with zero attached hydrogens (tertiary/aromatic N) is 3. The summed E-state index contributed by atoms with van der Waals surface area (Å²) in [5.41, 5.74) is 3.66. The molecule has 1 aromatic heterocycles. The van der Waals surface area contributed by atoms with Crippen molar-refractivity contribution < 1.29 is 14.6 Å². The molecule has 0 atom stereocenters. The molecule has 0 amide bonds. The maximum Gasteiger partial charge on any atom is 0.206 e. The number of hydrogen-bond acceptors (Lipinski definition) is 6. The Labute approximate surface area is 204 Å². The molecule has 4 rings (SSSR count). The number of methoxy groups -OCH3 is 2. The number of halogens is 1. The first kappa shape index (κ1) is 22.8. The fourth-order valence-corrected chi connectivity index (χ4v) is 4.54. The largest absolute Gasteiger partial charge is 0.503 e. The highest BCUT2D eigenvalue weighted by atomic mass is 79.9. The monoisotopic (exact) mass is 523 g/mol. The Bertz CT molecular complexity index is 1350. The molecule has 0 unspecified atom stereocenters. The van der Waals surface area contributed by atoms with Crippen LogP contribution in [0.3, 0.4) is 0 Å². The van der Waals surface area contributed by atoms with Crippen LogP contribution in [0.5, 0.6) is 17.2 Å². The molecule has 1 heterocycles. The molecule has 0 spiro atoms. The highest BCUT2D eigenvalue weighted by Crippen LogP contribution is 2.35. The van der Waals surface area contributed by atoms with Gasteiger partial charge in [0.05, 0.1) is 37.1 Å². The summed E-state index contributed by atoms with van der Waals surface area (Å²) in [5.74, 6) is 1.16. The number of rotatable bonds is 7. The molecule has 33 heavy (non-hydrogen) atoms. The van der Waals surface area contributed by atoms with Crippen molar-refractivity contribution in [3.8, 4) is 28.5 Å². The van der Waals surface area contributed by atoms with Crippen molar-refractivity contribution in [2.75, 3.05) is 14.2 Å². The summed E-state index contributed by atoms with van der Waals surface area (Å²) in [4.78, 5) is 5.56. The minimum absolute atomic E-state index is 0.0473. The van der Waals surface area contributed by atoms with E-state index in [0.717, 1.165) is 32.9 Å². The van der Waals surface area contributed by atoms with Crippen molar-refractivity contribution in [3.05, 3.63) is 92.5 Å². The zero-order valence-corrected chi connectivity index (χ0v) is 20.5. The maximum absolute atomic E-state index is 10.1. The molecule has 0 radical (unpaired) electrons. The van der Waals surface area contributed by atoms with E-state index in [1.807, 2.05) is 60.0 Å². The zero-order chi connectivity index (χ0) is 23.2. The number of aromatic hydroxyl groups is 1. The van der Waals surface area contributed by atoms with Gasteiger partial charge in [-0.3, -0.25) is 4.99 Å². The Morgan fingerprint density at radius 3 is 2.48 bits per heavy atom. The van der Waals surface area contributed by atoms with Crippen molar-refractivity contribution in [2.45, 2.75) is 6.54 Å². The molecule has 8 heteroatoms. The van der Waals surface area contributed by atoms with E-state index < -0.39 is 0 Å². The van der Waals surface area contributed by atoms with Gasteiger partial charge in [0.25, 0.3) is 0 Å². The molecule has 0 aliphatic rings. The first-order valence-electron chi connectivity index (χ1n) is 10.1. The Morgan fingerprint density at radius 1 is 1.00 bits per heavy atom. The number of aromatic nitrogens is 1. The number of thiazole rings is 1. The molecule has 3 aromatic carbocycles. The quantitative estimate of drug-likeness (QED) is 0.316. The summed E-state index contributed by atoms with van der Waals surface area (Å²) in [6.45, 7) is 0.542. The molecule has 168 valence electrons. The lowest BCUT2D eigenvalue weighted by Gasteiger charge is -2.09. The molecule has 0 fully saturated rings. The standard InChI is InChI=1S/C25H22BrN3O3S/c1-31-22-11-7-6-10-19(22)21-16-33-25(27-14-17-8-4-3-5-9-17)29(21)28-15-18-12-20(26)24(30)23(13-18)32-2/h3-13,15-16,30H,14H2,1-2H3. The second-order valence-corrected chi connectivity index (χ2v) is 8.71. The van der Waals surface area contributed by atoms with Crippen LogP contribution in [0.1, 0.15) is 11.1 Å². The van der Waals surface area contributed by atoms with E-state index in [0.29, 0.717) is 16.8 Å². The van der Waals surface area contributed by atoms with Gasteiger partial charge in [-0.1, -0.05) is 42.5 Å². The Morgan fingerprint density at radius 2 is 1.73 bits per heavy atom. The Balaban J connectivity index is 1.81. The lowest BCUT2D eigenvalue weighted by atomic mass is 10.1. The van der Waals surface area contributed by atoms with Crippen LogP contribution in [0.2, 0.25) is 0 Å². The molecule has 4 aromatic rings. The molecule has 0 saturated carbocycles. The van der Waals surface area contributed by atoms with Crippen molar-refractivity contribution in [2.24, 2.45) is 10.1 Å². The topological polar surface area (TPSA) is 68.3 Å². The van der Waals surface area contributed by atoms with Gasteiger partial charge in [0, 0.05) is 10.9 Å². The van der Waals surface area contributed by atoms with Crippen LogP contribution in [0.25, 0.3) is 11.3 Å². The van der Waals surface area contributed by atoms with Crippen molar-refractivity contribution in [1.82, 2.24) is 4.68 Å². The third kappa shape index (κ3) is 5.18. The third-order valence-corrected chi connectivity index (χ3v) is 6.36. The lowest BCUT2D eigenvalue weighted by Crippen LogP contribution is -2.12. The molecular formula is C25H22BrN3O3S. The van der Waals surface area contributed by atoms with Gasteiger partial charge in [-0.05, 0) is 51.3 Å². The van der Waals surface area contributed by atoms with Gasteiger partial charge >= 0.3 is 0 Å². The molecule has 0 aliphatic heterocycles. The Kier molecular flexibility index (Phi) is 7.26. The summed E-state index contributed by atoms with van der Waals surface area (Å²) in [6, 6.07) is 21.4. The van der Waals surface area contributed by atoms with Gasteiger partial charge in [-0.15, -0.1) is 11.3 Å². The van der Waals surface area contributed by atoms with Crippen LogP contribution in [0.4, 0.5) is 0 Å². The number of hydrogen-bond donors (Lipinski definition) is 1. The van der Waals surface area contributed by atoms with Gasteiger partial charge in [-0.25, -0.2) is 4.68 Å². The molecule has 6 nitrogen and oxygen atoms in total. The van der Waals surface area contributed by atoms with Crippen molar-refractivity contribution in [3.63, 3.8) is 0 Å². The Hall–Kier alpha value is -3.36. The number of para-hydroxylation sites is 1. The van der Waals surface area contributed by atoms with Crippen LogP contribution in [0, 0.1) is 0 Å². The second-order valence-electron chi connectivity index (χ2n) is 7.02. The summed E-state index contributed by atoms with van der Waals surface area (Å²) in [7, 11) is 3.16. The predicted molar refractivity (Wildman–Crippen MR) is 135 cm³/mol. The smallest absolute Gasteiger partial charge is 0.206 e. The molecule has 0 bridgehead atoms. The van der Waals surface area contributed by atoms with E-state index >= 15 is 0 Å². The van der Waals surface area contributed by atoms with E-state index in [1.54, 1.807) is 30.1 Å². The zero-order valence-electron chi connectivity index (χ0n) is 18.1. The van der Waals surface area contributed by atoms with Crippen LogP contribution >= 0.6 is 27.3 Å². The average Bonchev–Trinajstić information content (AvgIpc) is 3.26. The molecule has 0 saturated heterocycles. The summed E-state index contributed by atoms with van der Waals surface area (Å²) in [5, 5.41) is 16.9. The van der Waals surface area contributed by atoms with E-state index in [2.05, 4.69) is 15.9 Å². The van der Waals surface area contributed by atoms with E-state index in [9.17, 15) is 5.11 Å². The fourth-order valence-electron chi connectivity index (χ4n) is 3.25. The summed E-state index contributed by atoms with van der Waals surface area (Å²) >= 11 is 4.87. The van der Waals surface area contributed by atoms with Gasteiger partial charge in [-0.2, -0.15) is 5.10 Å². The number of phenolic OH excluding ortho intramolecular Hbond substituents is 1. The fraction of sp³-hybridized carbons (Fsp3) is 0.120. The minimum atomic E-state index is 0.0473. The van der Waals surface area contributed by atoms with Crippen LogP contribution in [0.15, 0.2) is 86.7 Å². The summed E-state index contributed by atoms with van der Waals surface area (Å²) < 4.78 is 13.2. The molecular weight excluding hydrogens is 502 g/mol. The molecule has 0 aliphatic carbocycles. The molecule has 1 N–H and O–H groups in total. The van der Waals surface area contributed by atoms with E-state index in [-0.39, 0.29) is 5.75 Å². The highest BCUT2D eigenvalue weighted by Gasteiger charge is 2.13. The van der Waals surface area contributed by atoms with Crippen LogP contribution in [-0.2, 0) is 6.54 Å². The van der Waals surface area contributed by atoms with Gasteiger partial charge < -0.3 is 14.6 Å². The number of benzene rings is 3. The maximum atomic E-state index is 10.1. The SMILES string of the molecule is COc1ccccc1-c1csc(=NCc2ccccc2)n1N=Cc1cc(Br)c(O)c(OC)c1. The van der Waals surface area contributed by atoms with Crippen LogP contribution in [-0.4, -0.2) is 30.2 Å². The van der Waals surface area contributed by atoms with Gasteiger partial charge in [0.1, 0.15) is 5.75 Å². The van der Waals surface area contributed by atoms with Crippen LogP contribution < -0.4 is 14.3 Å². The third-order valence-electron chi connectivity index (χ3n) is 4.90. The van der Waals surface area contributed by atoms with E-state index in [1.165, 1.54) is 18.4 Å².